The van der Waals surface area contributed by atoms with Crippen molar-refractivity contribution >= 4 is 6.03 Å². The Kier molecular flexibility index (Phi) is 4.99. The van der Waals surface area contributed by atoms with E-state index in [0.29, 0.717) is 18.2 Å². The molecule has 3 fully saturated rings. The minimum atomic E-state index is -0.643. The van der Waals surface area contributed by atoms with Crippen LogP contribution in [-0.2, 0) is 0 Å². The van der Waals surface area contributed by atoms with Crippen LogP contribution in [0, 0.1) is 0 Å². The van der Waals surface area contributed by atoms with Gasteiger partial charge in [0.2, 0.25) is 0 Å². The first kappa shape index (κ1) is 16.9. The second kappa shape index (κ2) is 7.38. The lowest BCUT2D eigenvalue weighted by Crippen LogP contribution is -2.50. The van der Waals surface area contributed by atoms with Gasteiger partial charge in [0.25, 0.3) is 0 Å². The maximum absolute atomic E-state index is 12.7. The summed E-state index contributed by atoms with van der Waals surface area (Å²) >= 11 is 0. The normalized spacial score (nSPS) is 26.8. The number of likely N-dealkylation sites (tertiary alicyclic amines) is 2. The molecule has 2 saturated heterocycles. The summed E-state index contributed by atoms with van der Waals surface area (Å²) in [6.07, 6.45) is 8.23. The number of hydrogen-bond donors (Lipinski definition) is 2. The van der Waals surface area contributed by atoms with Crippen LogP contribution in [0.1, 0.15) is 56.8 Å². The van der Waals surface area contributed by atoms with Gasteiger partial charge in [-0.15, -0.1) is 0 Å². The molecule has 3 aliphatic rings. The SMILES string of the molecule is O=C(NC1CCN(C2CC2)CC1)N1CCC[C@H]1C[C@@H](O)c1ccco1. The van der Waals surface area contributed by atoms with Crippen molar-refractivity contribution in [2.75, 3.05) is 19.6 Å². The van der Waals surface area contributed by atoms with Gasteiger partial charge >= 0.3 is 6.03 Å². The largest absolute Gasteiger partial charge is 0.467 e. The number of amides is 2. The van der Waals surface area contributed by atoms with E-state index in [9.17, 15) is 9.90 Å². The zero-order valence-corrected chi connectivity index (χ0v) is 14.8. The number of piperidine rings is 1. The summed E-state index contributed by atoms with van der Waals surface area (Å²) < 4.78 is 5.28. The van der Waals surface area contributed by atoms with E-state index in [4.69, 9.17) is 4.42 Å². The van der Waals surface area contributed by atoms with Crippen molar-refractivity contribution < 1.29 is 14.3 Å². The quantitative estimate of drug-likeness (QED) is 0.859. The van der Waals surface area contributed by atoms with Gasteiger partial charge in [-0.1, -0.05) is 0 Å². The predicted octanol–water partition coefficient (Wildman–Crippen LogP) is 2.50. The molecule has 2 atom stereocenters. The minimum Gasteiger partial charge on any atom is -0.467 e. The third kappa shape index (κ3) is 4.01. The van der Waals surface area contributed by atoms with Gasteiger partial charge in [0.05, 0.1) is 6.26 Å². The zero-order valence-electron chi connectivity index (χ0n) is 14.8. The van der Waals surface area contributed by atoms with Crippen LogP contribution in [-0.4, -0.2) is 58.7 Å². The van der Waals surface area contributed by atoms with Crippen LogP contribution >= 0.6 is 0 Å². The molecule has 0 aromatic carbocycles. The molecule has 0 spiro atoms. The van der Waals surface area contributed by atoms with E-state index in [1.165, 1.54) is 12.8 Å². The highest BCUT2D eigenvalue weighted by atomic mass is 16.4. The second-order valence-electron chi connectivity index (χ2n) is 7.75. The number of nitrogens with zero attached hydrogens (tertiary/aromatic N) is 2. The monoisotopic (exact) mass is 347 g/mol. The zero-order chi connectivity index (χ0) is 17.2. The maximum atomic E-state index is 12.7. The van der Waals surface area contributed by atoms with Gasteiger partial charge in [0.1, 0.15) is 11.9 Å². The van der Waals surface area contributed by atoms with E-state index in [1.807, 2.05) is 4.90 Å². The van der Waals surface area contributed by atoms with E-state index in [0.717, 1.165) is 51.4 Å². The Bertz CT molecular complexity index is 564. The van der Waals surface area contributed by atoms with Gasteiger partial charge in [-0.05, 0) is 50.7 Å². The number of rotatable bonds is 5. The van der Waals surface area contributed by atoms with Crippen LogP contribution in [0.25, 0.3) is 0 Å². The predicted molar refractivity (Wildman–Crippen MR) is 94.2 cm³/mol. The van der Waals surface area contributed by atoms with Crippen molar-refractivity contribution in [1.29, 1.82) is 0 Å². The smallest absolute Gasteiger partial charge is 0.317 e. The van der Waals surface area contributed by atoms with Crippen LogP contribution in [0.4, 0.5) is 4.79 Å². The summed E-state index contributed by atoms with van der Waals surface area (Å²) in [6.45, 7) is 2.99. The molecule has 2 N–H and O–H groups in total. The van der Waals surface area contributed by atoms with E-state index < -0.39 is 6.10 Å². The molecule has 0 bridgehead atoms. The van der Waals surface area contributed by atoms with Crippen molar-refractivity contribution in [3.05, 3.63) is 24.2 Å². The number of aliphatic hydroxyl groups excluding tert-OH is 1. The van der Waals surface area contributed by atoms with Crippen molar-refractivity contribution in [2.24, 2.45) is 0 Å². The van der Waals surface area contributed by atoms with Crippen molar-refractivity contribution in [1.82, 2.24) is 15.1 Å². The van der Waals surface area contributed by atoms with Crippen LogP contribution in [0.15, 0.2) is 22.8 Å². The summed E-state index contributed by atoms with van der Waals surface area (Å²) in [7, 11) is 0. The number of carbonyl (C=O) groups is 1. The molecule has 1 aliphatic carbocycles. The molecule has 2 amide bonds. The number of urea groups is 1. The lowest BCUT2D eigenvalue weighted by molar-refractivity contribution is 0.106. The number of carbonyl (C=O) groups excluding carboxylic acids is 1. The fourth-order valence-corrected chi connectivity index (χ4v) is 4.31. The highest BCUT2D eigenvalue weighted by Gasteiger charge is 2.35. The number of aliphatic hydroxyl groups is 1. The first-order valence-electron chi connectivity index (χ1n) is 9.73. The third-order valence-electron chi connectivity index (χ3n) is 5.93. The summed E-state index contributed by atoms with van der Waals surface area (Å²) in [6, 6.07) is 4.82. The minimum absolute atomic E-state index is 0.0408. The molecule has 4 rings (SSSR count). The number of nitrogens with one attached hydrogen (secondary N) is 1. The molecule has 0 radical (unpaired) electrons. The van der Waals surface area contributed by atoms with Crippen LogP contribution in [0.5, 0.6) is 0 Å². The van der Waals surface area contributed by atoms with E-state index >= 15 is 0 Å². The molecule has 0 unspecified atom stereocenters. The van der Waals surface area contributed by atoms with Gasteiger partial charge < -0.3 is 24.6 Å². The maximum Gasteiger partial charge on any atom is 0.317 e. The number of furan rings is 1. The van der Waals surface area contributed by atoms with E-state index in [2.05, 4.69) is 10.2 Å². The Morgan fingerprint density at radius 2 is 2.04 bits per heavy atom. The average molecular weight is 347 g/mol. The summed E-state index contributed by atoms with van der Waals surface area (Å²) in [4.78, 5) is 17.2. The van der Waals surface area contributed by atoms with E-state index in [-0.39, 0.29) is 12.1 Å². The van der Waals surface area contributed by atoms with Gasteiger partial charge in [-0.25, -0.2) is 4.79 Å². The van der Waals surface area contributed by atoms with Crippen molar-refractivity contribution in [3.8, 4) is 0 Å². The van der Waals surface area contributed by atoms with Crippen molar-refractivity contribution in [3.63, 3.8) is 0 Å². The molecule has 1 aromatic heterocycles. The highest BCUT2D eigenvalue weighted by Crippen LogP contribution is 2.30. The fourth-order valence-electron chi connectivity index (χ4n) is 4.31. The Morgan fingerprint density at radius 1 is 1.24 bits per heavy atom. The molecule has 3 heterocycles. The molecule has 6 heteroatoms. The summed E-state index contributed by atoms with van der Waals surface area (Å²) in [5, 5.41) is 13.6. The second-order valence-corrected chi connectivity index (χ2v) is 7.75. The highest BCUT2D eigenvalue weighted by molar-refractivity contribution is 5.75. The molecule has 6 nitrogen and oxygen atoms in total. The van der Waals surface area contributed by atoms with E-state index in [1.54, 1.807) is 18.4 Å². The standard InChI is InChI=1S/C19H29N3O3/c23-17(18-4-2-12-25-18)13-16-3-1-9-22(16)19(24)20-14-7-10-21(11-8-14)15-5-6-15/h2,4,12,14-17,23H,1,3,5-11,13H2,(H,20,24)/t16-,17+/m0/s1. The third-order valence-corrected chi connectivity index (χ3v) is 5.93. The van der Waals surface area contributed by atoms with Gasteiger partial charge in [-0.2, -0.15) is 0 Å². The molecular weight excluding hydrogens is 318 g/mol. The molecular formula is C19H29N3O3. The van der Waals surface area contributed by atoms with Gasteiger partial charge in [-0.3, -0.25) is 0 Å². The Labute approximate surface area is 149 Å². The van der Waals surface area contributed by atoms with Gasteiger partial charge in [0.15, 0.2) is 0 Å². The first-order valence-corrected chi connectivity index (χ1v) is 9.73. The molecule has 138 valence electrons. The molecule has 1 saturated carbocycles. The van der Waals surface area contributed by atoms with Crippen LogP contribution < -0.4 is 5.32 Å². The van der Waals surface area contributed by atoms with Crippen molar-refractivity contribution in [2.45, 2.75) is 69.2 Å². The summed E-state index contributed by atoms with van der Waals surface area (Å²) in [5.74, 6) is 0.583. The molecule has 1 aromatic rings. The molecule has 2 aliphatic heterocycles. The first-order chi connectivity index (χ1) is 12.2. The lowest BCUT2D eigenvalue weighted by atomic mass is 10.0. The lowest BCUT2D eigenvalue weighted by Gasteiger charge is -2.34. The fraction of sp³-hybridized carbons (Fsp3) is 0.737. The Hall–Kier alpha value is -1.53. The average Bonchev–Trinajstić information content (AvgIpc) is 3.12. The summed E-state index contributed by atoms with van der Waals surface area (Å²) in [5.41, 5.74) is 0. The Morgan fingerprint density at radius 3 is 2.72 bits per heavy atom. The van der Waals surface area contributed by atoms with Crippen LogP contribution in [0.2, 0.25) is 0 Å². The van der Waals surface area contributed by atoms with Crippen LogP contribution in [0.3, 0.4) is 0 Å². The number of hydrogen-bond acceptors (Lipinski definition) is 4. The van der Waals surface area contributed by atoms with Gasteiger partial charge in [0, 0.05) is 44.2 Å². The topological polar surface area (TPSA) is 69.0 Å². The molecule has 25 heavy (non-hydrogen) atoms. The Balaban J connectivity index is 1.27.